The van der Waals surface area contributed by atoms with Gasteiger partial charge in [0.05, 0.1) is 24.1 Å². The number of nitrogens with zero attached hydrogens (tertiary/aromatic N) is 5. The van der Waals surface area contributed by atoms with Crippen molar-refractivity contribution in [1.29, 1.82) is 0 Å². The van der Waals surface area contributed by atoms with E-state index in [0.29, 0.717) is 17.7 Å². The molecule has 4 aromatic rings. The van der Waals surface area contributed by atoms with Crippen LogP contribution < -0.4 is 5.69 Å². The molecule has 3 aromatic heterocycles. The summed E-state index contributed by atoms with van der Waals surface area (Å²) in [5.41, 5.74) is 4.82. The predicted molar refractivity (Wildman–Crippen MR) is 95.3 cm³/mol. The summed E-state index contributed by atoms with van der Waals surface area (Å²) < 4.78 is 3.44. The zero-order chi connectivity index (χ0) is 17.6. The van der Waals surface area contributed by atoms with E-state index in [2.05, 4.69) is 20.1 Å². The van der Waals surface area contributed by atoms with Crippen molar-refractivity contribution >= 4 is 22.8 Å². The Hall–Kier alpha value is -2.93. The average molecular weight is 355 g/mol. The van der Waals surface area contributed by atoms with Gasteiger partial charge < -0.3 is 4.98 Å². The van der Waals surface area contributed by atoms with Gasteiger partial charge >= 0.3 is 5.69 Å². The molecule has 0 aliphatic heterocycles. The number of nitrogens with one attached hydrogen (secondary N) is 1. The van der Waals surface area contributed by atoms with E-state index in [1.165, 1.54) is 6.20 Å². The molecular formula is C17H15ClN6O. The number of aromatic amines is 1. The molecule has 0 aliphatic rings. The largest absolute Gasteiger partial charge is 0.328 e. The lowest BCUT2D eigenvalue weighted by Crippen LogP contribution is -2.17. The Balaban J connectivity index is 1.68. The maximum absolute atomic E-state index is 12.2. The van der Waals surface area contributed by atoms with Crippen LogP contribution in [-0.2, 0) is 6.54 Å². The van der Waals surface area contributed by atoms with Crippen LogP contribution in [0.15, 0.2) is 41.3 Å². The molecule has 0 fully saturated rings. The fourth-order valence-corrected chi connectivity index (χ4v) is 3.02. The van der Waals surface area contributed by atoms with Crippen molar-refractivity contribution in [2.24, 2.45) is 0 Å². The highest BCUT2D eigenvalue weighted by molar-refractivity contribution is 6.28. The average Bonchev–Trinajstić information content (AvgIpc) is 3.07. The van der Waals surface area contributed by atoms with E-state index in [0.717, 1.165) is 22.6 Å². The van der Waals surface area contributed by atoms with E-state index in [-0.39, 0.29) is 11.0 Å². The molecule has 4 rings (SSSR count). The zero-order valence-corrected chi connectivity index (χ0v) is 14.4. The van der Waals surface area contributed by atoms with Crippen LogP contribution in [-0.4, -0.2) is 29.3 Å². The second-order valence-corrected chi connectivity index (χ2v) is 6.24. The van der Waals surface area contributed by atoms with Gasteiger partial charge in [0.1, 0.15) is 5.52 Å². The van der Waals surface area contributed by atoms with Crippen LogP contribution in [0, 0.1) is 13.8 Å². The number of rotatable bonds is 3. The number of aryl methyl sites for hydroxylation is 2. The van der Waals surface area contributed by atoms with Gasteiger partial charge in [-0.2, -0.15) is 10.1 Å². The monoisotopic (exact) mass is 354 g/mol. The minimum absolute atomic E-state index is 0.111. The fourth-order valence-electron chi connectivity index (χ4n) is 2.89. The molecule has 25 heavy (non-hydrogen) atoms. The summed E-state index contributed by atoms with van der Waals surface area (Å²) in [6.07, 6.45) is 1.51. The van der Waals surface area contributed by atoms with Crippen LogP contribution in [0.1, 0.15) is 17.0 Å². The Morgan fingerprint density at radius 1 is 1.20 bits per heavy atom. The summed E-state index contributed by atoms with van der Waals surface area (Å²) in [6.45, 7) is 4.38. The molecule has 8 heteroatoms. The first-order valence-electron chi connectivity index (χ1n) is 7.75. The van der Waals surface area contributed by atoms with E-state index in [1.807, 2.05) is 48.9 Å². The highest BCUT2D eigenvalue weighted by Gasteiger charge is 2.10. The van der Waals surface area contributed by atoms with Crippen molar-refractivity contribution in [1.82, 2.24) is 29.3 Å². The van der Waals surface area contributed by atoms with E-state index in [1.54, 1.807) is 4.57 Å². The number of hydrogen-bond donors (Lipinski definition) is 1. The van der Waals surface area contributed by atoms with Gasteiger partial charge in [-0.15, -0.1) is 0 Å². The van der Waals surface area contributed by atoms with Crippen molar-refractivity contribution in [2.45, 2.75) is 20.4 Å². The highest BCUT2D eigenvalue weighted by atomic mass is 35.5. The molecule has 0 aliphatic carbocycles. The Morgan fingerprint density at radius 2 is 1.96 bits per heavy atom. The van der Waals surface area contributed by atoms with Gasteiger partial charge in [-0.3, -0.25) is 4.57 Å². The standard InChI is InChI=1S/C17H15ClN6O/c1-10-7-11(2)24(22-10)13-5-3-12(4-6-13)9-23-15-14(20-17(23)25)8-19-16(18)21-15/h3-8H,9H2,1-2H3,(H,20,25). The van der Waals surface area contributed by atoms with Crippen molar-refractivity contribution < 1.29 is 0 Å². The Bertz CT molecular complexity index is 1120. The normalized spacial score (nSPS) is 11.3. The molecule has 7 nitrogen and oxygen atoms in total. The number of hydrogen-bond acceptors (Lipinski definition) is 4. The third-order valence-electron chi connectivity index (χ3n) is 4.01. The smallest absolute Gasteiger partial charge is 0.303 e. The molecule has 1 N–H and O–H groups in total. The van der Waals surface area contributed by atoms with E-state index in [9.17, 15) is 4.79 Å². The summed E-state index contributed by atoms with van der Waals surface area (Å²) in [4.78, 5) is 22.9. The first-order valence-corrected chi connectivity index (χ1v) is 8.13. The lowest BCUT2D eigenvalue weighted by Gasteiger charge is -2.07. The zero-order valence-electron chi connectivity index (χ0n) is 13.7. The Kier molecular flexibility index (Phi) is 3.65. The Morgan fingerprint density at radius 3 is 2.64 bits per heavy atom. The number of aromatic nitrogens is 6. The summed E-state index contributed by atoms with van der Waals surface area (Å²) in [5, 5.41) is 4.59. The summed E-state index contributed by atoms with van der Waals surface area (Å²) in [7, 11) is 0. The molecule has 0 amide bonds. The second kappa shape index (κ2) is 5.86. The van der Waals surface area contributed by atoms with Crippen LogP contribution in [0.4, 0.5) is 0 Å². The first-order chi connectivity index (χ1) is 12.0. The van der Waals surface area contributed by atoms with Crippen molar-refractivity contribution in [2.75, 3.05) is 0 Å². The lowest BCUT2D eigenvalue weighted by atomic mass is 10.2. The number of benzene rings is 1. The molecule has 0 atom stereocenters. The third-order valence-corrected chi connectivity index (χ3v) is 4.19. The van der Waals surface area contributed by atoms with Crippen LogP contribution in [0.25, 0.3) is 16.9 Å². The van der Waals surface area contributed by atoms with Gasteiger partial charge in [0.15, 0.2) is 5.65 Å². The van der Waals surface area contributed by atoms with Gasteiger partial charge in [-0.25, -0.2) is 14.5 Å². The fraction of sp³-hybridized carbons (Fsp3) is 0.176. The van der Waals surface area contributed by atoms with Gasteiger partial charge in [-0.05, 0) is 49.2 Å². The minimum Gasteiger partial charge on any atom is -0.303 e. The summed E-state index contributed by atoms with van der Waals surface area (Å²) in [6, 6.07) is 9.94. The molecule has 0 bridgehead atoms. The quantitative estimate of drug-likeness (QED) is 0.573. The molecule has 0 unspecified atom stereocenters. The molecule has 126 valence electrons. The molecular weight excluding hydrogens is 340 g/mol. The topological polar surface area (TPSA) is 81.4 Å². The number of fused-ring (bicyclic) bond motifs is 1. The molecule has 0 saturated heterocycles. The van der Waals surface area contributed by atoms with Gasteiger partial charge in [0.25, 0.3) is 0 Å². The molecule has 0 spiro atoms. The van der Waals surface area contributed by atoms with Crippen molar-refractivity contribution in [3.63, 3.8) is 0 Å². The minimum atomic E-state index is -0.241. The van der Waals surface area contributed by atoms with Crippen LogP contribution in [0.2, 0.25) is 5.28 Å². The third kappa shape index (κ3) is 2.83. The SMILES string of the molecule is Cc1cc(C)n(-c2ccc(Cn3c(=O)[nH]c4cnc(Cl)nc43)cc2)n1. The summed E-state index contributed by atoms with van der Waals surface area (Å²) >= 11 is 5.85. The van der Waals surface area contributed by atoms with E-state index in [4.69, 9.17) is 11.6 Å². The highest BCUT2D eigenvalue weighted by Crippen LogP contribution is 2.15. The van der Waals surface area contributed by atoms with Gasteiger partial charge in [0.2, 0.25) is 5.28 Å². The number of H-pyrrole nitrogens is 1. The van der Waals surface area contributed by atoms with Crippen LogP contribution in [0.5, 0.6) is 0 Å². The van der Waals surface area contributed by atoms with Crippen LogP contribution in [0.3, 0.4) is 0 Å². The molecule has 0 radical (unpaired) electrons. The maximum Gasteiger partial charge on any atom is 0.328 e. The second-order valence-electron chi connectivity index (χ2n) is 5.90. The van der Waals surface area contributed by atoms with Gasteiger partial charge in [0, 0.05) is 5.69 Å². The molecule has 1 aromatic carbocycles. The predicted octanol–water partition coefficient (Wildman–Crippen LogP) is 2.62. The van der Waals surface area contributed by atoms with Crippen LogP contribution >= 0.6 is 11.6 Å². The molecule has 0 saturated carbocycles. The van der Waals surface area contributed by atoms with Crippen molar-refractivity contribution in [3.8, 4) is 5.69 Å². The number of imidazole rings is 1. The van der Waals surface area contributed by atoms with E-state index >= 15 is 0 Å². The maximum atomic E-state index is 12.2. The Labute approximate surface area is 147 Å². The molecule has 3 heterocycles. The number of halogens is 1. The van der Waals surface area contributed by atoms with Gasteiger partial charge in [-0.1, -0.05) is 12.1 Å². The lowest BCUT2D eigenvalue weighted by molar-refractivity contribution is 0.775. The van der Waals surface area contributed by atoms with Crippen molar-refractivity contribution in [3.05, 3.63) is 69.2 Å². The first kappa shape index (κ1) is 15.6. The summed E-state index contributed by atoms with van der Waals surface area (Å²) in [5.74, 6) is 0. The van der Waals surface area contributed by atoms with E-state index < -0.39 is 0 Å².